The van der Waals surface area contributed by atoms with Gasteiger partial charge in [-0.3, -0.25) is 0 Å². The molecule has 0 saturated heterocycles. The number of ether oxygens (including phenoxy) is 2. The van der Waals surface area contributed by atoms with Crippen molar-refractivity contribution in [1.29, 1.82) is 0 Å². The van der Waals surface area contributed by atoms with E-state index in [0.717, 1.165) is 30.1 Å². The first kappa shape index (κ1) is 29.9. The van der Waals surface area contributed by atoms with Gasteiger partial charge in [-0.25, -0.2) is 9.18 Å². The molecular formula is C32H41FO4. The van der Waals surface area contributed by atoms with E-state index in [1.807, 2.05) is 30.3 Å². The third kappa shape index (κ3) is 12.0. The molecule has 0 aliphatic heterocycles. The summed E-state index contributed by atoms with van der Waals surface area (Å²) in [5.41, 5.74) is 3.56. The molecule has 0 fully saturated rings. The molecule has 0 radical (unpaired) electrons. The zero-order valence-electron chi connectivity index (χ0n) is 22.4. The summed E-state index contributed by atoms with van der Waals surface area (Å²) in [6, 6.07) is 26.9. The number of alkyl halides is 1. The van der Waals surface area contributed by atoms with Gasteiger partial charge in [0.15, 0.2) is 6.17 Å². The van der Waals surface area contributed by atoms with E-state index < -0.39 is 18.1 Å². The first-order chi connectivity index (χ1) is 17.9. The van der Waals surface area contributed by atoms with Crippen molar-refractivity contribution in [2.75, 3.05) is 6.61 Å². The molecule has 3 rings (SSSR count). The van der Waals surface area contributed by atoms with Crippen molar-refractivity contribution in [3.05, 3.63) is 84.4 Å². The van der Waals surface area contributed by atoms with Crippen LogP contribution < -0.4 is 9.47 Å². The van der Waals surface area contributed by atoms with Crippen molar-refractivity contribution < 1.29 is 23.8 Å². The highest BCUT2D eigenvalue weighted by atomic mass is 19.1. The van der Waals surface area contributed by atoms with Crippen LogP contribution in [0.3, 0.4) is 0 Å². The van der Waals surface area contributed by atoms with Gasteiger partial charge in [-0.1, -0.05) is 107 Å². The molecule has 0 unspecified atom stereocenters. The number of rotatable bonds is 14. The van der Waals surface area contributed by atoms with Gasteiger partial charge >= 0.3 is 5.97 Å². The summed E-state index contributed by atoms with van der Waals surface area (Å²) in [5, 5.41) is 7.98. The Balaban J connectivity index is 0.000000521. The van der Waals surface area contributed by atoms with Gasteiger partial charge in [0.2, 0.25) is 0 Å². The monoisotopic (exact) mass is 508 g/mol. The second kappa shape index (κ2) is 17.2. The van der Waals surface area contributed by atoms with Crippen molar-refractivity contribution in [3.63, 3.8) is 0 Å². The lowest BCUT2D eigenvalue weighted by Gasteiger charge is -2.09. The van der Waals surface area contributed by atoms with Gasteiger partial charge in [0, 0.05) is 0 Å². The smallest absolute Gasteiger partial charge is 0.338 e. The second-order valence-electron chi connectivity index (χ2n) is 9.42. The minimum Gasteiger partial charge on any atom is -0.494 e. The van der Waals surface area contributed by atoms with Crippen molar-refractivity contribution >= 4 is 5.97 Å². The van der Waals surface area contributed by atoms with E-state index >= 15 is 0 Å². The van der Waals surface area contributed by atoms with Crippen LogP contribution in [0.25, 0.3) is 11.1 Å². The predicted octanol–water partition coefficient (Wildman–Crippen LogP) is 8.74. The Bertz CT molecular complexity index is 1000. The Hall–Kier alpha value is -3.34. The van der Waals surface area contributed by atoms with Gasteiger partial charge in [-0.15, -0.1) is 0 Å². The number of carboxylic acid groups (broad SMARTS) is 1. The molecule has 0 amide bonds. The van der Waals surface area contributed by atoms with Crippen molar-refractivity contribution in [2.24, 2.45) is 5.92 Å². The zero-order valence-corrected chi connectivity index (χ0v) is 22.4. The molecule has 0 aliphatic carbocycles. The molecule has 1 N–H and O–H groups in total. The van der Waals surface area contributed by atoms with Gasteiger partial charge in [0.1, 0.15) is 18.1 Å². The van der Waals surface area contributed by atoms with Crippen molar-refractivity contribution in [2.45, 2.75) is 72.1 Å². The van der Waals surface area contributed by atoms with E-state index in [4.69, 9.17) is 14.6 Å². The van der Waals surface area contributed by atoms with E-state index in [-0.39, 0.29) is 0 Å². The molecule has 5 heteroatoms. The number of carboxylic acids is 1. The van der Waals surface area contributed by atoms with E-state index in [1.54, 1.807) is 0 Å². The fourth-order valence-corrected chi connectivity index (χ4v) is 3.58. The topological polar surface area (TPSA) is 55.8 Å². The lowest BCUT2D eigenvalue weighted by Crippen LogP contribution is -2.20. The predicted molar refractivity (Wildman–Crippen MR) is 149 cm³/mol. The number of hydrogen-bond acceptors (Lipinski definition) is 3. The lowest BCUT2D eigenvalue weighted by molar-refractivity contribution is -0.144. The minimum atomic E-state index is -1.71. The number of carbonyl (C=O) groups is 1. The lowest BCUT2D eigenvalue weighted by atomic mass is 10.1. The molecule has 37 heavy (non-hydrogen) atoms. The van der Waals surface area contributed by atoms with E-state index in [2.05, 4.69) is 55.5 Å². The quantitative estimate of drug-likeness (QED) is 0.221. The van der Waals surface area contributed by atoms with Crippen LogP contribution in [0.15, 0.2) is 78.9 Å². The van der Waals surface area contributed by atoms with E-state index in [1.165, 1.54) is 57.1 Å². The van der Waals surface area contributed by atoms with Crippen molar-refractivity contribution in [1.82, 2.24) is 0 Å². The summed E-state index contributed by atoms with van der Waals surface area (Å²) in [6.45, 7) is 6.66. The first-order valence-electron chi connectivity index (χ1n) is 13.3. The zero-order chi connectivity index (χ0) is 26.9. The summed E-state index contributed by atoms with van der Waals surface area (Å²) >= 11 is 0. The third-order valence-corrected chi connectivity index (χ3v) is 5.88. The number of unbranched alkanes of at least 4 members (excludes halogenated alkanes) is 5. The molecule has 1 atom stereocenters. The largest absolute Gasteiger partial charge is 0.494 e. The summed E-state index contributed by atoms with van der Waals surface area (Å²) in [6.07, 6.45) is 5.99. The Labute approximate surface area is 221 Å². The molecule has 3 aromatic rings. The van der Waals surface area contributed by atoms with Crippen LogP contribution in [0.1, 0.15) is 64.9 Å². The fourth-order valence-electron chi connectivity index (χ4n) is 3.58. The van der Waals surface area contributed by atoms with Crippen LogP contribution in [0.5, 0.6) is 11.5 Å². The maximum absolute atomic E-state index is 12.0. The Morgan fingerprint density at radius 2 is 1.30 bits per heavy atom. The summed E-state index contributed by atoms with van der Waals surface area (Å²) in [4.78, 5) is 9.77. The fraction of sp³-hybridized carbons (Fsp3) is 0.406. The van der Waals surface area contributed by atoms with E-state index in [9.17, 15) is 9.18 Å². The normalized spacial score (nSPS) is 11.4. The second-order valence-corrected chi connectivity index (χ2v) is 9.42. The average molecular weight is 509 g/mol. The van der Waals surface area contributed by atoms with E-state index in [0.29, 0.717) is 6.61 Å². The molecular weight excluding hydrogens is 467 g/mol. The number of aliphatic carboxylic acids is 1. The van der Waals surface area contributed by atoms with Crippen LogP contribution in [-0.2, 0) is 11.4 Å². The summed E-state index contributed by atoms with van der Waals surface area (Å²) < 4.78 is 23.8. The Morgan fingerprint density at radius 3 is 1.86 bits per heavy atom. The highest BCUT2D eigenvalue weighted by Gasteiger charge is 2.18. The maximum Gasteiger partial charge on any atom is 0.338 e. The summed E-state index contributed by atoms with van der Waals surface area (Å²) in [5.74, 6) is 0.0232. The summed E-state index contributed by atoms with van der Waals surface area (Å²) in [7, 11) is 0. The molecule has 0 bridgehead atoms. The van der Waals surface area contributed by atoms with Gasteiger partial charge in [-0.05, 0) is 53.3 Å². The van der Waals surface area contributed by atoms with Crippen LogP contribution in [0.2, 0.25) is 0 Å². The molecule has 0 aromatic heterocycles. The Morgan fingerprint density at radius 1 is 0.757 bits per heavy atom. The average Bonchev–Trinajstić information content (AvgIpc) is 2.92. The highest BCUT2D eigenvalue weighted by Crippen LogP contribution is 2.23. The molecule has 4 nitrogen and oxygen atoms in total. The maximum atomic E-state index is 12.0. The molecule has 0 spiro atoms. The number of benzene rings is 3. The van der Waals surface area contributed by atoms with Gasteiger partial charge in [-0.2, -0.15) is 0 Å². The van der Waals surface area contributed by atoms with Gasteiger partial charge in [0.05, 0.1) is 6.61 Å². The third-order valence-electron chi connectivity index (χ3n) is 5.88. The highest BCUT2D eigenvalue weighted by molar-refractivity contribution is 5.72. The van der Waals surface area contributed by atoms with Crippen LogP contribution in [-0.4, -0.2) is 23.9 Å². The first-order valence-corrected chi connectivity index (χ1v) is 13.3. The number of hydrogen-bond donors (Lipinski definition) is 1. The van der Waals surface area contributed by atoms with Gasteiger partial charge < -0.3 is 14.6 Å². The molecule has 3 aromatic carbocycles. The standard InChI is InChI=1S/C27H32O2.C5H9FO2/c1-2-3-4-5-6-10-21-28-26-17-13-23(14-18-26)22-29-27-19-15-25(16-20-27)24-11-8-7-9-12-24;1-3(2)4(6)5(7)8/h7-9,11-20H,2-6,10,21-22H2,1H3;3-4H,1-2H3,(H,7,8)/t;4-/m.0/s1. The molecule has 200 valence electrons. The Kier molecular flexibility index (Phi) is 13.9. The number of halogens is 1. The van der Waals surface area contributed by atoms with Gasteiger partial charge in [0.25, 0.3) is 0 Å². The SMILES string of the molecule is CC(C)[C@H](F)C(=O)O.CCCCCCCCOc1ccc(COc2ccc(-c3ccccc3)cc2)cc1. The molecule has 0 heterocycles. The van der Waals surface area contributed by atoms with Crippen molar-refractivity contribution in [3.8, 4) is 22.6 Å². The minimum absolute atomic E-state index is 0.424. The van der Waals surface area contributed by atoms with Crippen LogP contribution in [0.4, 0.5) is 4.39 Å². The van der Waals surface area contributed by atoms with Crippen LogP contribution in [0, 0.1) is 5.92 Å². The molecule has 0 saturated carbocycles. The van der Waals surface area contributed by atoms with Crippen LogP contribution >= 0.6 is 0 Å². The molecule has 0 aliphatic rings.